The minimum Gasteiger partial charge on any atom is -0.497 e. The SMILES string of the molecule is CCCCn1c(SCCOC(C)C)nnc1-c1ccc(OC)cc1. The second kappa shape index (κ2) is 9.69. The molecule has 0 N–H and O–H groups in total. The lowest BCUT2D eigenvalue weighted by molar-refractivity contribution is 0.0920. The maximum Gasteiger partial charge on any atom is 0.191 e. The molecule has 0 aliphatic rings. The van der Waals surface area contributed by atoms with E-state index in [4.69, 9.17) is 9.47 Å². The number of nitrogens with zero attached hydrogens (tertiary/aromatic N) is 3. The Morgan fingerprint density at radius 2 is 1.92 bits per heavy atom. The summed E-state index contributed by atoms with van der Waals surface area (Å²) in [6.07, 6.45) is 2.51. The monoisotopic (exact) mass is 349 g/mol. The molecule has 0 radical (unpaired) electrons. The number of hydrogen-bond donors (Lipinski definition) is 0. The van der Waals surface area contributed by atoms with Crippen LogP contribution in [0.3, 0.4) is 0 Å². The molecule has 0 atom stereocenters. The minimum atomic E-state index is 0.262. The predicted molar refractivity (Wildman–Crippen MR) is 98.7 cm³/mol. The van der Waals surface area contributed by atoms with Gasteiger partial charge in [-0.1, -0.05) is 25.1 Å². The lowest BCUT2D eigenvalue weighted by Gasteiger charge is -2.11. The molecule has 132 valence electrons. The zero-order chi connectivity index (χ0) is 17.4. The van der Waals surface area contributed by atoms with E-state index in [0.29, 0.717) is 0 Å². The Morgan fingerprint density at radius 3 is 2.54 bits per heavy atom. The lowest BCUT2D eigenvalue weighted by atomic mass is 10.2. The van der Waals surface area contributed by atoms with Gasteiger partial charge in [-0.3, -0.25) is 0 Å². The average molecular weight is 350 g/mol. The molecule has 0 spiro atoms. The van der Waals surface area contributed by atoms with E-state index in [2.05, 4.69) is 35.5 Å². The van der Waals surface area contributed by atoms with Gasteiger partial charge < -0.3 is 14.0 Å². The Balaban J connectivity index is 2.14. The maximum absolute atomic E-state index is 5.61. The maximum atomic E-state index is 5.61. The Morgan fingerprint density at radius 1 is 1.17 bits per heavy atom. The molecule has 6 heteroatoms. The van der Waals surface area contributed by atoms with E-state index in [1.165, 1.54) is 0 Å². The summed E-state index contributed by atoms with van der Waals surface area (Å²) in [6.45, 7) is 7.95. The van der Waals surface area contributed by atoms with Gasteiger partial charge in [-0.15, -0.1) is 10.2 Å². The first-order chi connectivity index (χ1) is 11.7. The van der Waals surface area contributed by atoms with Crippen molar-refractivity contribution in [1.29, 1.82) is 0 Å². The molecule has 1 aromatic carbocycles. The summed E-state index contributed by atoms with van der Waals surface area (Å²) in [6, 6.07) is 7.97. The van der Waals surface area contributed by atoms with Crippen molar-refractivity contribution in [3.63, 3.8) is 0 Å². The molecule has 1 heterocycles. The molecule has 0 aliphatic carbocycles. The van der Waals surface area contributed by atoms with Crippen molar-refractivity contribution in [3.05, 3.63) is 24.3 Å². The van der Waals surface area contributed by atoms with Crippen LogP contribution in [0.1, 0.15) is 33.6 Å². The predicted octanol–water partition coefficient (Wildman–Crippen LogP) is 4.27. The molecule has 5 nitrogen and oxygen atoms in total. The van der Waals surface area contributed by atoms with E-state index in [1.54, 1.807) is 18.9 Å². The zero-order valence-electron chi connectivity index (χ0n) is 15.0. The fourth-order valence-electron chi connectivity index (χ4n) is 2.28. The van der Waals surface area contributed by atoms with E-state index in [0.717, 1.165) is 54.0 Å². The first-order valence-corrected chi connectivity index (χ1v) is 9.46. The van der Waals surface area contributed by atoms with Crippen molar-refractivity contribution in [2.24, 2.45) is 0 Å². The average Bonchev–Trinajstić information content (AvgIpc) is 2.99. The molecule has 1 aromatic heterocycles. The quantitative estimate of drug-likeness (QED) is 0.473. The Bertz CT molecular complexity index is 611. The molecule has 0 amide bonds. The number of unbranched alkanes of at least 4 members (excludes halogenated alkanes) is 1. The number of ether oxygens (including phenoxy) is 2. The van der Waals surface area contributed by atoms with Gasteiger partial charge >= 0.3 is 0 Å². The van der Waals surface area contributed by atoms with E-state index in [9.17, 15) is 0 Å². The standard InChI is InChI=1S/C18H27N3O2S/c1-5-6-11-21-17(15-7-9-16(22-4)10-8-15)19-20-18(21)24-13-12-23-14(2)3/h7-10,14H,5-6,11-13H2,1-4H3. The Labute approximate surface area is 148 Å². The van der Waals surface area contributed by atoms with Crippen molar-refractivity contribution in [2.45, 2.75) is 51.4 Å². The lowest BCUT2D eigenvalue weighted by Crippen LogP contribution is -2.07. The van der Waals surface area contributed by atoms with Crippen LogP contribution in [-0.4, -0.2) is 40.3 Å². The summed E-state index contributed by atoms with van der Waals surface area (Å²) < 4.78 is 13.1. The van der Waals surface area contributed by atoms with Crippen LogP contribution in [0.25, 0.3) is 11.4 Å². The molecule has 0 bridgehead atoms. The number of rotatable bonds is 10. The van der Waals surface area contributed by atoms with E-state index in [1.807, 2.05) is 24.3 Å². The van der Waals surface area contributed by atoms with Crippen LogP contribution in [0.5, 0.6) is 5.75 Å². The van der Waals surface area contributed by atoms with Crippen molar-refractivity contribution < 1.29 is 9.47 Å². The highest BCUT2D eigenvalue weighted by molar-refractivity contribution is 7.99. The second-order valence-corrected chi connectivity index (χ2v) is 6.87. The molecule has 0 unspecified atom stereocenters. The van der Waals surface area contributed by atoms with E-state index in [-0.39, 0.29) is 6.10 Å². The zero-order valence-corrected chi connectivity index (χ0v) is 15.8. The van der Waals surface area contributed by atoms with Crippen LogP contribution in [0.2, 0.25) is 0 Å². The normalized spacial score (nSPS) is 11.2. The molecule has 24 heavy (non-hydrogen) atoms. The molecular weight excluding hydrogens is 322 g/mol. The first kappa shape index (κ1) is 18.8. The van der Waals surface area contributed by atoms with Crippen molar-refractivity contribution >= 4 is 11.8 Å². The Kier molecular flexibility index (Phi) is 7.59. The van der Waals surface area contributed by atoms with Crippen LogP contribution in [0, 0.1) is 0 Å². The van der Waals surface area contributed by atoms with Crippen LogP contribution in [0.15, 0.2) is 29.4 Å². The highest BCUT2D eigenvalue weighted by Gasteiger charge is 2.14. The van der Waals surface area contributed by atoms with Crippen LogP contribution < -0.4 is 4.74 Å². The first-order valence-electron chi connectivity index (χ1n) is 8.47. The van der Waals surface area contributed by atoms with Crippen molar-refractivity contribution in [1.82, 2.24) is 14.8 Å². The summed E-state index contributed by atoms with van der Waals surface area (Å²) in [5, 5.41) is 9.77. The van der Waals surface area contributed by atoms with Gasteiger partial charge in [0.25, 0.3) is 0 Å². The van der Waals surface area contributed by atoms with Crippen LogP contribution in [0.4, 0.5) is 0 Å². The third-order valence-corrected chi connectivity index (χ3v) is 4.50. The summed E-state index contributed by atoms with van der Waals surface area (Å²) in [5.74, 6) is 2.64. The Hall–Kier alpha value is -1.53. The number of benzene rings is 1. The van der Waals surface area contributed by atoms with Crippen LogP contribution >= 0.6 is 11.8 Å². The minimum absolute atomic E-state index is 0.262. The molecule has 2 rings (SSSR count). The highest BCUT2D eigenvalue weighted by atomic mass is 32.2. The smallest absolute Gasteiger partial charge is 0.191 e. The topological polar surface area (TPSA) is 49.2 Å². The number of hydrogen-bond acceptors (Lipinski definition) is 5. The van der Waals surface area contributed by atoms with E-state index >= 15 is 0 Å². The molecular formula is C18H27N3O2S. The highest BCUT2D eigenvalue weighted by Crippen LogP contribution is 2.26. The molecule has 0 aliphatic heterocycles. The van der Waals surface area contributed by atoms with Gasteiger partial charge in [-0.2, -0.15) is 0 Å². The molecule has 2 aromatic rings. The van der Waals surface area contributed by atoms with Gasteiger partial charge in [-0.25, -0.2) is 0 Å². The van der Waals surface area contributed by atoms with Gasteiger partial charge in [0.2, 0.25) is 0 Å². The number of thioether (sulfide) groups is 1. The molecule has 0 saturated carbocycles. The fraction of sp³-hybridized carbons (Fsp3) is 0.556. The van der Waals surface area contributed by atoms with Gasteiger partial charge in [0.1, 0.15) is 5.75 Å². The van der Waals surface area contributed by atoms with Crippen LogP contribution in [-0.2, 0) is 11.3 Å². The third kappa shape index (κ3) is 5.24. The van der Waals surface area contributed by atoms with Gasteiger partial charge in [0.05, 0.1) is 19.8 Å². The van der Waals surface area contributed by atoms with Gasteiger partial charge in [-0.05, 0) is 44.5 Å². The summed E-state index contributed by atoms with van der Waals surface area (Å²) in [7, 11) is 1.67. The fourth-order valence-corrected chi connectivity index (χ4v) is 3.08. The molecule has 0 fully saturated rings. The summed E-state index contributed by atoms with van der Waals surface area (Å²) >= 11 is 1.70. The number of methoxy groups -OCH3 is 1. The molecule has 0 saturated heterocycles. The second-order valence-electron chi connectivity index (χ2n) is 5.81. The number of aromatic nitrogens is 3. The largest absolute Gasteiger partial charge is 0.497 e. The van der Waals surface area contributed by atoms with Crippen molar-refractivity contribution in [2.75, 3.05) is 19.5 Å². The van der Waals surface area contributed by atoms with E-state index < -0.39 is 0 Å². The summed E-state index contributed by atoms with van der Waals surface area (Å²) in [5.41, 5.74) is 1.06. The van der Waals surface area contributed by atoms with Gasteiger partial charge in [0.15, 0.2) is 11.0 Å². The van der Waals surface area contributed by atoms with Gasteiger partial charge in [0, 0.05) is 17.9 Å². The van der Waals surface area contributed by atoms with Crippen molar-refractivity contribution in [3.8, 4) is 17.1 Å². The summed E-state index contributed by atoms with van der Waals surface area (Å²) in [4.78, 5) is 0. The third-order valence-electron chi connectivity index (χ3n) is 3.57.